The van der Waals surface area contributed by atoms with Gasteiger partial charge in [-0.3, -0.25) is 9.59 Å². The predicted octanol–water partition coefficient (Wildman–Crippen LogP) is 4.34. The average Bonchev–Trinajstić information content (AvgIpc) is 2.94. The first kappa shape index (κ1) is 18.0. The number of nitrogens with zero attached hydrogens (tertiary/aromatic N) is 1. The lowest BCUT2D eigenvalue weighted by atomic mass is 9.84. The number of imide groups is 1. The SMILES string of the molecule is O=C1C2C(C(=O)N1c1ccc(O)cc1)C1(Cl)C(Cl)=C(Cl)C2(Cl)C1(Cl)Cl. The van der Waals surface area contributed by atoms with Crippen LogP contribution in [0.25, 0.3) is 0 Å². The van der Waals surface area contributed by atoms with Crippen molar-refractivity contribution in [3.63, 3.8) is 0 Å². The maximum absolute atomic E-state index is 13.0. The Balaban J connectivity index is 1.90. The fourth-order valence-corrected chi connectivity index (χ4v) is 6.78. The number of hydrogen-bond acceptors (Lipinski definition) is 3. The minimum absolute atomic E-state index is 0.0148. The molecule has 1 heterocycles. The molecule has 2 amide bonds. The minimum Gasteiger partial charge on any atom is -0.508 e. The molecule has 3 aliphatic rings. The van der Waals surface area contributed by atoms with E-state index in [0.29, 0.717) is 0 Å². The molecule has 1 saturated carbocycles. The summed E-state index contributed by atoms with van der Waals surface area (Å²) in [5, 5.41) is 9.13. The van der Waals surface area contributed by atoms with E-state index in [2.05, 4.69) is 0 Å². The van der Waals surface area contributed by atoms with Crippen LogP contribution in [0.2, 0.25) is 0 Å². The molecule has 2 fully saturated rings. The number of anilines is 1. The van der Waals surface area contributed by atoms with Crippen molar-refractivity contribution in [2.24, 2.45) is 11.8 Å². The number of carbonyl (C=O) groups excluding carboxylic acids is 2. The summed E-state index contributed by atoms with van der Waals surface area (Å²) in [6.45, 7) is 0. The number of allylic oxidation sites excluding steroid dienone is 2. The molecular formula is C15H7Cl6NO3. The number of aromatic hydroxyl groups is 1. The molecule has 1 N–H and O–H groups in total. The first-order valence-electron chi connectivity index (χ1n) is 7.00. The maximum Gasteiger partial charge on any atom is 0.240 e. The maximum atomic E-state index is 13.0. The Morgan fingerprint density at radius 1 is 0.840 bits per heavy atom. The van der Waals surface area contributed by atoms with Crippen molar-refractivity contribution in [1.29, 1.82) is 0 Å². The number of phenolic OH excluding ortho intramolecular Hbond substituents is 1. The summed E-state index contributed by atoms with van der Waals surface area (Å²) in [4.78, 5) is 23.3. The van der Waals surface area contributed by atoms with Crippen LogP contribution in [0.5, 0.6) is 5.75 Å². The van der Waals surface area contributed by atoms with Gasteiger partial charge in [0.15, 0.2) is 4.33 Å². The highest BCUT2D eigenvalue weighted by Gasteiger charge is 2.87. The first-order chi connectivity index (χ1) is 11.5. The van der Waals surface area contributed by atoms with Crippen LogP contribution in [0.15, 0.2) is 34.3 Å². The number of hydrogen-bond donors (Lipinski definition) is 1. The molecule has 0 spiro atoms. The van der Waals surface area contributed by atoms with Gasteiger partial charge in [-0.15, -0.1) is 23.2 Å². The summed E-state index contributed by atoms with van der Waals surface area (Å²) >= 11 is 38.4. The number of rotatable bonds is 1. The minimum atomic E-state index is -1.95. The van der Waals surface area contributed by atoms with E-state index in [-0.39, 0.29) is 21.5 Å². The van der Waals surface area contributed by atoms with Gasteiger partial charge < -0.3 is 5.11 Å². The number of alkyl halides is 4. The van der Waals surface area contributed by atoms with Crippen molar-refractivity contribution < 1.29 is 14.7 Å². The van der Waals surface area contributed by atoms with Crippen molar-refractivity contribution in [2.75, 3.05) is 4.90 Å². The Hall–Kier alpha value is -0.360. The summed E-state index contributed by atoms with van der Waals surface area (Å²) < 4.78 is -1.95. The number of halogens is 6. The van der Waals surface area contributed by atoms with E-state index in [4.69, 9.17) is 69.6 Å². The Kier molecular flexibility index (Phi) is 3.69. The number of carbonyl (C=O) groups is 2. The zero-order chi connectivity index (χ0) is 18.5. The molecule has 1 aromatic rings. The van der Waals surface area contributed by atoms with Crippen molar-refractivity contribution >= 4 is 87.1 Å². The lowest BCUT2D eigenvalue weighted by Gasteiger charge is -2.34. The van der Waals surface area contributed by atoms with E-state index >= 15 is 0 Å². The van der Waals surface area contributed by atoms with Gasteiger partial charge in [-0.2, -0.15) is 0 Å². The van der Waals surface area contributed by atoms with Gasteiger partial charge in [-0.25, -0.2) is 4.90 Å². The highest BCUT2D eigenvalue weighted by atomic mass is 35.5. The van der Waals surface area contributed by atoms with Gasteiger partial charge in [0.1, 0.15) is 15.5 Å². The van der Waals surface area contributed by atoms with Crippen molar-refractivity contribution in [2.45, 2.75) is 14.1 Å². The second-order valence-corrected chi connectivity index (χ2v) is 9.39. The molecule has 4 unspecified atom stereocenters. The fourth-order valence-electron chi connectivity index (χ4n) is 3.85. The topological polar surface area (TPSA) is 57.6 Å². The molecular weight excluding hydrogens is 455 g/mol. The van der Waals surface area contributed by atoms with Crippen LogP contribution in [-0.4, -0.2) is 31.0 Å². The third-order valence-corrected chi connectivity index (χ3v) is 9.28. The molecule has 132 valence electrons. The Morgan fingerprint density at radius 3 is 1.64 bits per heavy atom. The van der Waals surface area contributed by atoms with Crippen molar-refractivity contribution in [3.8, 4) is 5.75 Å². The van der Waals surface area contributed by atoms with Crippen LogP contribution in [0, 0.1) is 11.8 Å². The van der Waals surface area contributed by atoms with Crippen LogP contribution in [0.4, 0.5) is 5.69 Å². The molecule has 0 aromatic heterocycles. The van der Waals surface area contributed by atoms with E-state index in [9.17, 15) is 14.7 Å². The predicted molar refractivity (Wildman–Crippen MR) is 97.9 cm³/mol. The van der Waals surface area contributed by atoms with Crippen LogP contribution >= 0.6 is 69.6 Å². The molecule has 4 rings (SSSR count). The van der Waals surface area contributed by atoms with E-state index in [1.165, 1.54) is 24.3 Å². The van der Waals surface area contributed by atoms with Crippen LogP contribution in [-0.2, 0) is 9.59 Å². The highest BCUT2D eigenvalue weighted by Crippen LogP contribution is 2.77. The molecule has 1 aliphatic heterocycles. The van der Waals surface area contributed by atoms with Crippen molar-refractivity contribution in [3.05, 3.63) is 34.3 Å². The smallest absolute Gasteiger partial charge is 0.240 e. The molecule has 1 saturated heterocycles. The molecule has 4 atom stereocenters. The van der Waals surface area contributed by atoms with E-state index in [1.54, 1.807) is 0 Å². The van der Waals surface area contributed by atoms with Gasteiger partial charge in [0.2, 0.25) is 11.8 Å². The molecule has 1 aromatic carbocycles. The van der Waals surface area contributed by atoms with Crippen LogP contribution in [0.1, 0.15) is 0 Å². The van der Waals surface area contributed by atoms with E-state index in [1.807, 2.05) is 0 Å². The Morgan fingerprint density at radius 2 is 1.24 bits per heavy atom. The molecule has 2 bridgehead atoms. The Labute approximate surface area is 172 Å². The van der Waals surface area contributed by atoms with Gasteiger partial charge in [0, 0.05) is 0 Å². The quantitative estimate of drug-likeness (QED) is 0.500. The molecule has 25 heavy (non-hydrogen) atoms. The monoisotopic (exact) mass is 459 g/mol. The second-order valence-electron chi connectivity index (χ2n) is 6.11. The Bertz CT molecular complexity index is 823. The summed E-state index contributed by atoms with van der Waals surface area (Å²) in [6.07, 6.45) is 0. The lowest BCUT2D eigenvalue weighted by Crippen LogP contribution is -2.50. The molecule has 4 nitrogen and oxygen atoms in total. The number of phenols is 1. The van der Waals surface area contributed by atoms with Gasteiger partial charge in [-0.05, 0) is 24.3 Å². The zero-order valence-electron chi connectivity index (χ0n) is 11.9. The molecule has 10 heteroatoms. The molecule has 2 aliphatic carbocycles. The van der Waals surface area contributed by atoms with Crippen molar-refractivity contribution in [1.82, 2.24) is 0 Å². The zero-order valence-corrected chi connectivity index (χ0v) is 16.5. The van der Waals surface area contributed by atoms with Gasteiger partial charge in [0.05, 0.1) is 27.6 Å². The highest BCUT2D eigenvalue weighted by molar-refractivity contribution is 6.67. The summed E-state index contributed by atoms with van der Waals surface area (Å²) in [6, 6.07) is 5.52. The third-order valence-electron chi connectivity index (χ3n) is 5.02. The number of benzene rings is 1. The first-order valence-corrected chi connectivity index (χ1v) is 9.26. The summed E-state index contributed by atoms with van der Waals surface area (Å²) in [5.41, 5.74) is 0.254. The largest absolute Gasteiger partial charge is 0.508 e. The van der Waals surface area contributed by atoms with Crippen LogP contribution in [0.3, 0.4) is 0 Å². The van der Waals surface area contributed by atoms with Crippen LogP contribution < -0.4 is 4.90 Å². The summed E-state index contributed by atoms with van der Waals surface area (Å²) in [7, 11) is 0. The van der Waals surface area contributed by atoms with E-state index < -0.39 is 37.7 Å². The lowest BCUT2D eigenvalue weighted by molar-refractivity contribution is -0.123. The van der Waals surface area contributed by atoms with Gasteiger partial charge >= 0.3 is 0 Å². The number of amides is 2. The normalized spacial score (nSPS) is 38.7. The van der Waals surface area contributed by atoms with Gasteiger partial charge in [0.25, 0.3) is 0 Å². The number of fused-ring (bicyclic) bond motifs is 5. The average molecular weight is 462 g/mol. The standard InChI is InChI=1S/C15H7Cl6NO3/c16-9-10(17)14(19)8-7(13(9,18)15(14,20)21)11(24)22(12(8)25)5-1-3-6(23)4-2-5/h1-4,7-8,23H. The second kappa shape index (κ2) is 5.12. The fraction of sp³-hybridized carbons (Fsp3) is 0.333. The summed E-state index contributed by atoms with van der Waals surface area (Å²) in [5.74, 6) is -3.62. The van der Waals surface area contributed by atoms with E-state index in [0.717, 1.165) is 4.90 Å². The third kappa shape index (κ3) is 1.75. The molecule has 0 radical (unpaired) electrons. The van der Waals surface area contributed by atoms with Gasteiger partial charge in [-0.1, -0.05) is 46.4 Å².